The number of nitrogens with two attached hydrogens (primary N) is 1. The topological polar surface area (TPSA) is 60.1 Å². The number of hydrogen-bond donors (Lipinski definition) is 2. The molecule has 1 heterocycles. The summed E-state index contributed by atoms with van der Waals surface area (Å²) in [7, 11) is 4.22. The minimum atomic E-state index is 0.764. The summed E-state index contributed by atoms with van der Waals surface area (Å²) in [6, 6.07) is 0. The van der Waals surface area contributed by atoms with E-state index >= 15 is 0 Å². The van der Waals surface area contributed by atoms with Gasteiger partial charge in [0.1, 0.15) is 0 Å². The molecule has 0 aromatic rings. The number of guanidine groups is 1. The molecular weight excluding hydrogens is 216 g/mol. The van der Waals surface area contributed by atoms with E-state index in [1.807, 2.05) is 6.92 Å². The number of nitrogens with one attached hydrogen (secondary N) is 1. The second-order valence-electron chi connectivity index (χ2n) is 4.57. The maximum Gasteiger partial charge on any atom is 0.208 e. The van der Waals surface area contributed by atoms with Gasteiger partial charge in [-0.05, 0) is 21.0 Å². The van der Waals surface area contributed by atoms with Crippen LogP contribution in [0.15, 0.2) is 4.99 Å². The maximum absolute atomic E-state index is 5.48. The molecule has 100 valence electrons. The lowest BCUT2D eigenvalue weighted by molar-refractivity contribution is 0.166. The normalized spacial score (nSPS) is 18.9. The molecule has 6 nitrogen and oxygen atoms in total. The highest BCUT2D eigenvalue weighted by molar-refractivity contribution is 5.79. The molecule has 6 heteroatoms. The SMILES string of the molecule is CCN=C(NN)N1CCN(CCN(C)C)CC1. The molecule has 0 unspecified atom stereocenters. The van der Waals surface area contributed by atoms with E-state index in [0.717, 1.165) is 51.8 Å². The lowest BCUT2D eigenvalue weighted by Crippen LogP contribution is -2.54. The van der Waals surface area contributed by atoms with Gasteiger partial charge >= 0.3 is 0 Å². The molecule has 1 rings (SSSR count). The van der Waals surface area contributed by atoms with Crippen LogP contribution < -0.4 is 11.3 Å². The molecule has 0 bridgehead atoms. The average molecular weight is 242 g/mol. The van der Waals surface area contributed by atoms with Gasteiger partial charge in [0.05, 0.1) is 0 Å². The van der Waals surface area contributed by atoms with E-state index in [-0.39, 0.29) is 0 Å². The fourth-order valence-corrected chi connectivity index (χ4v) is 1.91. The van der Waals surface area contributed by atoms with Gasteiger partial charge in [0.15, 0.2) is 0 Å². The molecule has 0 aromatic heterocycles. The van der Waals surface area contributed by atoms with Gasteiger partial charge in [-0.2, -0.15) is 0 Å². The molecule has 0 atom stereocenters. The van der Waals surface area contributed by atoms with Crippen LogP contribution in [0.3, 0.4) is 0 Å². The Kier molecular flexibility index (Phi) is 6.25. The summed E-state index contributed by atoms with van der Waals surface area (Å²) in [6.07, 6.45) is 0. The van der Waals surface area contributed by atoms with Crippen molar-refractivity contribution in [3.8, 4) is 0 Å². The first-order chi connectivity index (χ1) is 8.17. The van der Waals surface area contributed by atoms with Crippen molar-refractivity contribution in [2.24, 2.45) is 10.8 Å². The molecule has 1 aliphatic heterocycles. The zero-order chi connectivity index (χ0) is 12.7. The van der Waals surface area contributed by atoms with Crippen molar-refractivity contribution in [3.63, 3.8) is 0 Å². The minimum absolute atomic E-state index is 0.764. The maximum atomic E-state index is 5.48. The van der Waals surface area contributed by atoms with E-state index in [9.17, 15) is 0 Å². The van der Waals surface area contributed by atoms with Crippen molar-refractivity contribution < 1.29 is 0 Å². The molecule has 3 N–H and O–H groups in total. The molecule has 17 heavy (non-hydrogen) atoms. The molecular formula is C11H26N6. The molecule has 0 spiro atoms. The molecule has 0 amide bonds. The molecule has 1 fully saturated rings. The summed E-state index contributed by atoms with van der Waals surface area (Å²) < 4.78 is 0. The van der Waals surface area contributed by atoms with Crippen LogP contribution in [0.5, 0.6) is 0 Å². The summed E-state index contributed by atoms with van der Waals surface area (Å²) in [4.78, 5) is 11.3. The lowest BCUT2D eigenvalue weighted by Gasteiger charge is -2.36. The van der Waals surface area contributed by atoms with Gasteiger partial charge in [0.2, 0.25) is 5.96 Å². The molecule has 1 saturated heterocycles. The predicted molar refractivity (Wildman–Crippen MR) is 71.9 cm³/mol. The van der Waals surface area contributed by atoms with Crippen LogP contribution in [0.2, 0.25) is 0 Å². The Morgan fingerprint density at radius 3 is 2.41 bits per heavy atom. The van der Waals surface area contributed by atoms with Crippen molar-refractivity contribution >= 4 is 5.96 Å². The van der Waals surface area contributed by atoms with E-state index in [1.165, 1.54) is 0 Å². The Morgan fingerprint density at radius 1 is 1.29 bits per heavy atom. The van der Waals surface area contributed by atoms with Crippen molar-refractivity contribution in [2.75, 3.05) is 59.9 Å². The van der Waals surface area contributed by atoms with E-state index in [0.29, 0.717) is 0 Å². The third kappa shape index (κ3) is 4.89. The Bertz CT molecular complexity index is 232. The molecule has 1 aliphatic rings. The summed E-state index contributed by atoms with van der Waals surface area (Å²) in [5.74, 6) is 6.30. The van der Waals surface area contributed by atoms with Crippen LogP contribution in [0.1, 0.15) is 6.92 Å². The number of hydrogen-bond acceptors (Lipinski definition) is 4. The highest BCUT2D eigenvalue weighted by Crippen LogP contribution is 2.01. The van der Waals surface area contributed by atoms with Crippen LogP contribution >= 0.6 is 0 Å². The van der Waals surface area contributed by atoms with Crippen LogP contribution in [-0.4, -0.2) is 80.6 Å². The third-order valence-corrected chi connectivity index (χ3v) is 2.97. The average Bonchev–Trinajstić information content (AvgIpc) is 2.34. The van der Waals surface area contributed by atoms with E-state index in [1.54, 1.807) is 0 Å². The van der Waals surface area contributed by atoms with Crippen LogP contribution in [-0.2, 0) is 0 Å². The second kappa shape index (κ2) is 7.47. The Labute approximate surface area is 104 Å². The number of rotatable bonds is 4. The largest absolute Gasteiger partial charge is 0.339 e. The number of likely N-dealkylation sites (N-methyl/N-ethyl adjacent to an activating group) is 1. The van der Waals surface area contributed by atoms with Gasteiger partial charge in [0, 0.05) is 45.8 Å². The highest BCUT2D eigenvalue weighted by Gasteiger charge is 2.18. The van der Waals surface area contributed by atoms with Gasteiger partial charge in [-0.15, -0.1) is 0 Å². The fourth-order valence-electron chi connectivity index (χ4n) is 1.91. The van der Waals surface area contributed by atoms with Gasteiger partial charge in [-0.3, -0.25) is 15.3 Å². The minimum Gasteiger partial charge on any atom is -0.339 e. The van der Waals surface area contributed by atoms with Crippen LogP contribution in [0.4, 0.5) is 0 Å². The smallest absolute Gasteiger partial charge is 0.208 e. The van der Waals surface area contributed by atoms with E-state index in [4.69, 9.17) is 5.84 Å². The summed E-state index contributed by atoms with van der Waals surface area (Å²) in [5.41, 5.74) is 2.69. The Balaban J connectivity index is 2.32. The first-order valence-corrected chi connectivity index (χ1v) is 6.30. The van der Waals surface area contributed by atoms with E-state index < -0.39 is 0 Å². The number of nitrogens with zero attached hydrogens (tertiary/aromatic N) is 4. The zero-order valence-corrected chi connectivity index (χ0v) is 11.3. The molecule has 0 radical (unpaired) electrons. The molecule has 0 saturated carbocycles. The first kappa shape index (κ1) is 14.2. The van der Waals surface area contributed by atoms with Crippen molar-refractivity contribution in [1.29, 1.82) is 0 Å². The summed E-state index contributed by atoms with van der Waals surface area (Å²) in [6.45, 7) is 9.19. The zero-order valence-electron chi connectivity index (χ0n) is 11.3. The standard InChI is InChI=1S/C11H26N6/c1-4-13-11(14-12)17-9-7-16(8-10-17)6-5-15(2)3/h4-10,12H2,1-3H3,(H,13,14). The second-order valence-corrected chi connectivity index (χ2v) is 4.57. The van der Waals surface area contributed by atoms with Gasteiger partial charge < -0.3 is 9.80 Å². The molecule has 0 aliphatic carbocycles. The number of aliphatic imine (C=N–C) groups is 1. The van der Waals surface area contributed by atoms with Crippen LogP contribution in [0.25, 0.3) is 0 Å². The van der Waals surface area contributed by atoms with Crippen LogP contribution in [0, 0.1) is 0 Å². The van der Waals surface area contributed by atoms with E-state index in [2.05, 4.69) is 39.2 Å². The third-order valence-electron chi connectivity index (χ3n) is 2.97. The number of piperazine rings is 1. The van der Waals surface area contributed by atoms with Gasteiger partial charge in [-0.25, -0.2) is 5.84 Å². The number of hydrazine groups is 1. The molecule has 0 aromatic carbocycles. The lowest BCUT2D eigenvalue weighted by atomic mass is 10.3. The summed E-state index contributed by atoms with van der Waals surface area (Å²) in [5, 5.41) is 0. The Morgan fingerprint density at radius 2 is 1.94 bits per heavy atom. The highest BCUT2D eigenvalue weighted by atomic mass is 15.4. The van der Waals surface area contributed by atoms with Crippen molar-refractivity contribution in [1.82, 2.24) is 20.1 Å². The fraction of sp³-hybridized carbons (Fsp3) is 0.909. The Hall–Kier alpha value is -0.850. The summed E-state index contributed by atoms with van der Waals surface area (Å²) >= 11 is 0. The quantitative estimate of drug-likeness (QED) is 0.287. The predicted octanol–water partition coefficient (Wildman–Crippen LogP) is -0.995. The van der Waals surface area contributed by atoms with Crippen molar-refractivity contribution in [2.45, 2.75) is 6.92 Å². The van der Waals surface area contributed by atoms with Crippen molar-refractivity contribution in [3.05, 3.63) is 0 Å². The van der Waals surface area contributed by atoms with Gasteiger partial charge in [-0.1, -0.05) is 0 Å². The monoisotopic (exact) mass is 242 g/mol. The van der Waals surface area contributed by atoms with Gasteiger partial charge in [0.25, 0.3) is 0 Å². The first-order valence-electron chi connectivity index (χ1n) is 6.30.